The molecule has 32 heavy (non-hydrogen) atoms. The van der Waals surface area contributed by atoms with Crippen LogP contribution in [0.25, 0.3) is 5.65 Å². The van der Waals surface area contributed by atoms with Crippen molar-refractivity contribution in [2.24, 2.45) is 5.41 Å². The van der Waals surface area contributed by atoms with Crippen LogP contribution < -0.4 is 5.32 Å². The van der Waals surface area contributed by atoms with Crippen LogP contribution >= 0.6 is 0 Å². The fourth-order valence-electron chi connectivity index (χ4n) is 4.72. The van der Waals surface area contributed by atoms with Crippen LogP contribution in [0.15, 0.2) is 48.9 Å². The summed E-state index contributed by atoms with van der Waals surface area (Å²) in [5.41, 5.74) is 4.25. The number of amides is 1. The monoisotopic (exact) mass is 435 g/mol. The number of pyridine rings is 2. The largest absolute Gasteiger partial charge is 0.465 e. The number of rotatable bonds is 7. The summed E-state index contributed by atoms with van der Waals surface area (Å²) in [5.74, 6) is 0. The molecule has 0 fully saturated rings. The molecule has 3 aromatic heterocycles. The van der Waals surface area contributed by atoms with Gasteiger partial charge in [-0.3, -0.25) is 9.88 Å². The van der Waals surface area contributed by atoms with Gasteiger partial charge < -0.3 is 14.8 Å². The van der Waals surface area contributed by atoms with E-state index in [1.165, 1.54) is 5.56 Å². The molecule has 1 amide bonds. The molecule has 7 heteroatoms. The minimum Gasteiger partial charge on any atom is -0.465 e. The third kappa shape index (κ3) is 5.10. The maximum atomic E-state index is 11.4. The highest BCUT2D eigenvalue weighted by Crippen LogP contribution is 2.34. The Kier molecular flexibility index (Phi) is 6.46. The van der Waals surface area contributed by atoms with Crippen LogP contribution in [0.5, 0.6) is 0 Å². The lowest BCUT2D eigenvalue weighted by molar-refractivity contribution is 0.133. The standard InChI is InChI=1S/C25H33N5O2/c1-25(2,3)21(28-24(31)32)12-15-29(16-19-17-30-14-5-4-11-22(30)27-19)20-10-6-8-18-9-7-13-26-23(18)20/h4-5,7,9,11,13-14,17,20-21,28H,6,8,10,12,15-16H2,1-3H3,(H,31,32). The number of nitrogens with zero attached hydrogens (tertiary/aromatic N) is 4. The van der Waals surface area contributed by atoms with Gasteiger partial charge in [0.2, 0.25) is 0 Å². The molecule has 170 valence electrons. The molecule has 0 radical (unpaired) electrons. The molecule has 1 aliphatic rings. The van der Waals surface area contributed by atoms with E-state index in [1.54, 1.807) is 0 Å². The lowest BCUT2D eigenvalue weighted by Crippen LogP contribution is -2.45. The predicted octanol–water partition coefficient (Wildman–Crippen LogP) is 4.68. The summed E-state index contributed by atoms with van der Waals surface area (Å²) in [4.78, 5) is 23.4. The Morgan fingerprint density at radius 2 is 2.16 bits per heavy atom. The van der Waals surface area contributed by atoms with Crippen LogP contribution in [-0.4, -0.2) is 43.1 Å². The van der Waals surface area contributed by atoms with Crippen molar-refractivity contribution >= 4 is 11.7 Å². The zero-order chi connectivity index (χ0) is 22.7. The van der Waals surface area contributed by atoms with E-state index in [1.807, 2.05) is 41.1 Å². The summed E-state index contributed by atoms with van der Waals surface area (Å²) < 4.78 is 2.05. The van der Waals surface area contributed by atoms with Crippen LogP contribution in [0.2, 0.25) is 0 Å². The summed E-state index contributed by atoms with van der Waals surface area (Å²) in [6.07, 6.45) is 8.97. The Balaban J connectivity index is 1.61. The first-order chi connectivity index (χ1) is 15.3. The zero-order valence-electron chi connectivity index (χ0n) is 19.2. The molecule has 0 bridgehead atoms. The van der Waals surface area contributed by atoms with Crippen LogP contribution in [0.3, 0.4) is 0 Å². The van der Waals surface area contributed by atoms with E-state index in [0.29, 0.717) is 6.54 Å². The summed E-state index contributed by atoms with van der Waals surface area (Å²) in [6.45, 7) is 7.70. The van der Waals surface area contributed by atoms with Gasteiger partial charge in [0.1, 0.15) is 5.65 Å². The van der Waals surface area contributed by atoms with E-state index in [9.17, 15) is 9.90 Å². The van der Waals surface area contributed by atoms with Gasteiger partial charge in [0, 0.05) is 37.7 Å². The SMILES string of the molecule is CC(C)(C)C(CCN(Cc1cn2ccccc2n1)C1CCCc2cccnc21)NC(=O)O. The highest BCUT2D eigenvalue weighted by Gasteiger charge is 2.31. The van der Waals surface area contributed by atoms with Crippen molar-refractivity contribution in [2.45, 2.75) is 65.1 Å². The normalized spacial score (nSPS) is 17.3. The molecule has 0 spiro atoms. The Morgan fingerprint density at radius 1 is 1.31 bits per heavy atom. The number of carbonyl (C=O) groups is 1. The molecule has 3 aromatic rings. The van der Waals surface area contributed by atoms with E-state index in [0.717, 1.165) is 49.3 Å². The average molecular weight is 436 g/mol. The van der Waals surface area contributed by atoms with E-state index < -0.39 is 6.09 Å². The van der Waals surface area contributed by atoms with Crippen LogP contribution in [-0.2, 0) is 13.0 Å². The van der Waals surface area contributed by atoms with Gasteiger partial charge in [0.15, 0.2) is 0 Å². The molecular weight excluding hydrogens is 402 g/mol. The van der Waals surface area contributed by atoms with Crippen molar-refractivity contribution in [1.29, 1.82) is 0 Å². The molecule has 4 rings (SSSR count). The van der Waals surface area contributed by atoms with Crippen molar-refractivity contribution in [3.05, 3.63) is 65.9 Å². The molecule has 2 N–H and O–H groups in total. The van der Waals surface area contributed by atoms with Crippen molar-refractivity contribution in [1.82, 2.24) is 24.6 Å². The van der Waals surface area contributed by atoms with Crippen molar-refractivity contribution in [3.8, 4) is 0 Å². The van der Waals surface area contributed by atoms with Gasteiger partial charge in [-0.2, -0.15) is 0 Å². The van der Waals surface area contributed by atoms with Crippen LogP contribution in [0.1, 0.15) is 63.0 Å². The Labute approximate surface area is 189 Å². The first kappa shape index (κ1) is 22.3. The highest BCUT2D eigenvalue weighted by atomic mass is 16.4. The van der Waals surface area contributed by atoms with Gasteiger partial charge in [-0.15, -0.1) is 0 Å². The maximum Gasteiger partial charge on any atom is 0.404 e. The summed E-state index contributed by atoms with van der Waals surface area (Å²) >= 11 is 0. The topological polar surface area (TPSA) is 82.8 Å². The van der Waals surface area contributed by atoms with Gasteiger partial charge in [0.25, 0.3) is 0 Å². The third-order valence-corrected chi connectivity index (χ3v) is 6.43. The Morgan fingerprint density at radius 3 is 2.91 bits per heavy atom. The van der Waals surface area contributed by atoms with E-state index in [-0.39, 0.29) is 17.5 Å². The van der Waals surface area contributed by atoms with Gasteiger partial charge in [-0.1, -0.05) is 32.9 Å². The number of nitrogens with one attached hydrogen (secondary N) is 1. The van der Waals surface area contributed by atoms with E-state index >= 15 is 0 Å². The number of hydrogen-bond donors (Lipinski definition) is 2. The molecule has 0 aromatic carbocycles. The number of hydrogen-bond acceptors (Lipinski definition) is 4. The second-order valence-electron chi connectivity index (χ2n) is 9.78. The summed E-state index contributed by atoms with van der Waals surface area (Å²) in [7, 11) is 0. The molecular formula is C25H33N5O2. The molecule has 0 aliphatic heterocycles. The molecule has 0 saturated heterocycles. The maximum absolute atomic E-state index is 11.4. The fraction of sp³-hybridized carbons (Fsp3) is 0.480. The number of aryl methyl sites for hydroxylation is 1. The Bertz CT molecular complexity index is 1040. The van der Waals surface area contributed by atoms with Crippen LogP contribution in [0.4, 0.5) is 4.79 Å². The highest BCUT2D eigenvalue weighted by molar-refractivity contribution is 5.65. The van der Waals surface area contributed by atoms with Gasteiger partial charge in [0.05, 0.1) is 17.4 Å². The Hall–Kier alpha value is -2.93. The first-order valence-electron chi connectivity index (χ1n) is 11.4. The smallest absolute Gasteiger partial charge is 0.404 e. The number of imidazole rings is 1. The molecule has 0 saturated carbocycles. The van der Waals surface area contributed by atoms with Crippen molar-refractivity contribution < 1.29 is 9.90 Å². The van der Waals surface area contributed by atoms with Crippen LogP contribution in [0, 0.1) is 5.41 Å². The number of fused-ring (bicyclic) bond motifs is 2. The minimum atomic E-state index is -0.971. The molecule has 2 unspecified atom stereocenters. The minimum absolute atomic E-state index is 0.143. The lowest BCUT2D eigenvalue weighted by atomic mass is 9.84. The van der Waals surface area contributed by atoms with Gasteiger partial charge in [-0.05, 0) is 54.9 Å². The van der Waals surface area contributed by atoms with Gasteiger partial charge in [-0.25, -0.2) is 9.78 Å². The predicted molar refractivity (Wildman–Crippen MR) is 125 cm³/mol. The fourth-order valence-corrected chi connectivity index (χ4v) is 4.72. The number of aromatic nitrogens is 3. The second kappa shape index (κ2) is 9.28. The quantitative estimate of drug-likeness (QED) is 0.563. The summed E-state index contributed by atoms with van der Waals surface area (Å²) in [6, 6.07) is 10.3. The molecule has 2 atom stereocenters. The van der Waals surface area contributed by atoms with E-state index in [4.69, 9.17) is 9.97 Å². The lowest BCUT2D eigenvalue weighted by Gasteiger charge is -2.37. The zero-order valence-corrected chi connectivity index (χ0v) is 19.2. The average Bonchev–Trinajstić information content (AvgIpc) is 3.17. The molecule has 1 aliphatic carbocycles. The second-order valence-corrected chi connectivity index (χ2v) is 9.78. The molecule has 3 heterocycles. The first-order valence-corrected chi connectivity index (χ1v) is 11.4. The van der Waals surface area contributed by atoms with Crippen molar-refractivity contribution in [3.63, 3.8) is 0 Å². The number of carboxylic acid groups (broad SMARTS) is 1. The van der Waals surface area contributed by atoms with Crippen molar-refractivity contribution in [2.75, 3.05) is 6.54 Å². The molecule has 7 nitrogen and oxygen atoms in total. The van der Waals surface area contributed by atoms with E-state index in [2.05, 4.69) is 43.3 Å². The third-order valence-electron chi connectivity index (χ3n) is 6.43. The summed E-state index contributed by atoms with van der Waals surface area (Å²) in [5, 5.41) is 12.1. The van der Waals surface area contributed by atoms with Gasteiger partial charge >= 0.3 is 6.09 Å².